The van der Waals surface area contributed by atoms with Gasteiger partial charge in [-0.15, -0.1) is 0 Å². The van der Waals surface area contributed by atoms with E-state index in [0.717, 1.165) is 31.2 Å². The van der Waals surface area contributed by atoms with E-state index in [2.05, 4.69) is 0 Å². The van der Waals surface area contributed by atoms with Crippen LogP contribution < -0.4 is 5.73 Å². The summed E-state index contributed by atoms with van der Waals surface area (Å²) in [6.45, 7) is 0. The molecule has 0 unspecified atom stereocenters. The van der Waals surface area contributed by atoms with Crippen LogP contribution in [0.1, 0.15) is 37.7 Å². The molecular weight excluding hydrogens is 190 g/mol. The maximum atomic E-state index is 9.77. The molecule has 3 heteroatoms. The van der Waals surface area contributed by atoms with Crippen molar-refractivity contribution < 1.29 is 10.2 Å². The van der Waals surface area contributed by atoms with E-state index in [4.69, 9.17) is 5.73 Å². The first-order valence-electron chi connectivity index (χ1n) is 5.43. The Labute approximate surface area is 89.5 Å². The van der Waals surface area contributed by atoms with Gasteiger partial charge in [-0.3, -0.25) is 0 Å². The molecule has 1 aliphatic carbocycles. The fourth-order valence-electron chi connectivity index (χ4n) is 2.39. The molecule has 2 rings (SSSR count). The third kappa shape index (κ3) is 1.92. The number of phenolic OH excluding ortho intramolecular Hbond substituents is 2. The smallest absolute Gasteiger partial charge is 0.124 e. The van der Waals surface area contributed by atoms with Crippen molar-refractivity contribution in [3.05, 3.63) is 23.8 Å². The molecule has 1 aromatic carbocycles. The molecule has 15 heavy (non-hydrogen) atoms. The molecule has 0 atom stereocenters. The van der Waals surface area contributed by atoms with Crippen LogP contribution in [0.2, 0.25) is 0 Å². The predicted molar refractivity (Wildman–Crippen MR) is 58.7 cm³/mol. The maximum Gasteiger partial charge on any atom is 0.124 e. The molecule has 1 saturated carbocycles. The summed E-state index contributed by atoms with van der Waals surface area (Å²) >= 11 is 0. The fourth-order valence-corrected chi connectivity index (χ4v) is 2.39. The van der Waals surface area contributed by atoms with Crippen LogP contribution in [0, 0.1) is 0 Å². The summed E-state index contributed by atoms with van der Waals surface area (Å²) in [6, 6.07) is 4.67. The van der Waals surface area contributed by atoms with Crippen molar-refractivity contribution in [2.75, 3.05) is 0 Å². The SMILES string of the molecule is NC1(c2ccc(O)cc2O)CCCCC1. The van der Waals surface area contributed by atoms with Gasteiger partial charge in [-0.05, 0) is 25.0 Å². The number of nitrogens with two attached hydrogens (primary N) is 1. The van der Waals surface area contributed by atoms with E-state index in [0.29, 0.717) is 0 Å². The molecule has 4 N–H and O–H groups in total. The number of hydrogen-bond donors (Lipinski definition) is 3. The minimum absolute atomic E-state index is 0.0793. The first kappa shape index (κ1) is 10.3. The van der Waals surface area contributed by atoms with Crippen molar-refractivity contribution in [2.45, 2.75) is 37.6 Å². The summed E-state index contributed by atoms with van der Waals surface area (Å²) in [7, 11) is 0. The maximum absolute atomic E-state index is 9.77. The number of rotatable bonds is 1. The lowest BCUT2D eigenvalue weighted by Crippen LogP contribution is -2.38. The second-order valence-corrected chi connectivity index (χ2v) is 4.42. The molecule has 1 aromatic rings. The molecule has 0 amide bonds. The molecule has 0 bridgehead atoms. The Kier molecular flexibility index (Phi) is 2.57. The average molecular weight is 207 g/mol. The lowest BCUT2D eigenvalue weighted by molar-refractivity contribution is 0.291. The van der Waals surface area contributed by atoms with Gasteiger partial charge in [-0.25, -0.2) is 0 Å². The molecule has 0 spiro atoms. The largest absolute Gasteiger partial charge is 0.508 e. The lowest BCUT2D eigenvalue weighted by atomic mass is 9.77. The Hall–Kier alpha value is -1.22. The van der Waals surface area contributed by atoms with Gasteiger partial charge in [-0.2, -0.15) is 0 Å². The van der Waals surface area contributed by atoms with Gasteiger partial charge >= 0.3 is 0 Å². The van der Waals surface area contributed by atoms with Crippen molar-refractivity contribution in [1.29, 1.82) is 0 Å². The van der Waals surface area contributed by atoms with E-state index < -0.39 is 5.54 Å². The topological polar surface area (TPSA) is 66.5 Å². The molecule has 0 aliphatic heterocycles. The zero-order chi connectivity index (χ0) is 10.9. The zero-order valence-electron chi connectivity index (χ0n) is 8.74. The molecule has 0 heterocycles. The van der Waals surface area contributed by atoms with Crippen LogP contribution in [-0.2, 0) is 5.54 Å². The highest BCUT2D eigenvalue weighted by atomic mass is 16.3. The third-order valence-electron chi connectivity index (χ3n) is 3.26. The van der Waals surface area contributed by atoms with Gasteiger partial charge < -0.3 is 15.9 Å². The van der Waals surface area contributed by atoms with E-state index in [-0.39, 0.29) is 11.5 Å². The summed E-state index contributed by atoms with van der Waals surface area (Å²) in [5.74, 6) is 0.190. The fraction of sp³-hybridized carbons (Fsp3) is 0.500. The van der Waals surface area contributed by atoms with E-state index in [1.807, 2.05) is 0 Å². The summed E-state index contributed by atoms with van der Waals surface area (Å²) in [6.07, 6.45) is 5.25. The Balaban J connectivity index is 2.35. The van der Waals surface area contributed by atoms with Crippen LogP contribution in [0.25, 0.3) is 0 Å². The van der Waals surface area contributed by atoms with Crippen molar-refractivity contribution >= 4 is 0 Å². The van der Waals surface area contributed by atoms with Crippen LogP contribution in [-0.4, -0.2) is 10.2 Å². The van der Waals surface area contributed by atoms with E-state index in [1.165, 1.54) is 12.5 Å². The van der Waals surface area contributed by atoms with Crippen LogP contribution in [0.4, 0.5) is 0 Å². The highest BCUT2D eigenvalue weighted by Crippen LogP contribution is 2.39. The van der Waals surface area contributed by atoms with Crippen LogP contribution in [0.15, 0.2) is 18.2 Å². The first-order chi connectivity index (χ1) is 7.12. The standard InChI is InChI=1S/C12H17NO2/c13-12(6-2-1-3-7-12)10-5-4-9(14)8-11(10)15/h4-5,8,14-15H,1-3,6-7,13H2. The molecule has 0 radical (unpaired) electrons. The Morgan fingerprint density at radius 1 is 1.07 bits per heavy atom. The van der Waals surface area contributed by atoms with E-state index in [1.54, 1.807) is 12.1 Å². The highest BCUT2D eigenvalue weighted by molar-refractivity contribution is 5.43. The van der Waals surface area contributed by atoms with Crippen LogP contribution in [0.5, 0.6) is 11.5 Å². The Bertz CT molecular complexity index is 357. The number of phenols is 2. The molecule has 1 aliphatic rings. The molecule has 1 fully saturated rings. The second kappa shape index (κ2) is 3.74. The van der Waals surface area contributed by atoms with Gasteiger partial charge in [0, 0.05) is 17.2 Å². The zero-order valence-corrected chi connectivity index (χ0v) is 8.74. The Morgan fingerprint density at radius 2 is 1.73 bits per heavy atom. The molecule has 82 valence electrons. The molecular formula is C12H17NO2. The van der Waals surface area contributed by atoms with Crippen LogP contribution in [0.3, 0.4) is 0 Å². The third-order valence-corrected chi connectivity index (χ3v) is 3.26. The van der Waals surface area contributed by atoms with Crippen molar-refractivity contribution in [1.82, 2.24) is 0 Å². The normalized spacial score (nSPS) is 20.1. The molecule has 0 saturated heterocycles. The van der Waals surface area contributed by atoms with Gasteiger partial charge in [-0.1, -0.05) is 19.3 Å². The van der Waals surface area contributed by atoms with E-state index >= 15 is 0 Å². The van der Waals surface area contributed by atoms with Gasteiger partial charge in [0.15, 0.2) is 0 Å². The van der Waals surface area contributed by atoms with Gasteiger partial charge in [0.1, 0.15) is 11.5 Å². The summed E-state index contributed by atoms with van der Waals surface area (Å²) in [4.78, 5) is 0. The van der Waals surface area contributed by atoms with Crippen molar-refractivity contribution in [2.24, 2.45) is 5.73 Å². The minimum atomic E-state index is -0.407. The average Bonchev–Trinajstić information content (AvgIpc) is 2.18. The van der Waals surface area contributed by atoms with E-state index in [9.17, 15) is 10.2 Å². The number of benzene rings is 1. The minimum Gasteiger partial charge on any atom is -0.508 e. The lowest BCUT2D eigenvalue weighted by Gasteiger charge is -2.34. The Morgan fingerprint density at radius 3 is 2.33 bits per heavy atom. The predicted octanol–water partition coefficient (Wildman–Crippen LogP) is 2.22. The second-order valence-electron chi connectivity index (χ2n) is 4.42. The van der Waals surface area contributed by atoms with Gasteiger partial charge in [0.25, 0.3) is 0 Å². The molecule has 0 aromatic heterocycles. The number of hydrogen-bond acceptors (Lipinski definition) is 3. The van der Waals surface area contributed by atoms with Crippen molar-refractivity contribution in [3.63, 3.8) is 0 Å². The monoisotopic (exact) mass is 207 g/mol. The van der Waals surface area contributed by atoms with Gasteiger partial charge in [0.2, 0.25) is 0 Å². The van der Waals surface area contributed by atoms with Gasteiger partial charge in [0.05, 0.1) is 0 Å². The summed E-state index contributed by atoms with van der Waals surface area (Å²) in [5.41, 5.74) is 6.65. The number of aromatic hydroxyl groups is 2. The highest BCUT2D eigenvalue weighted by Gasteiger charge is 2.31. The van der Waals surface area contributed by atoms with Crippen molar-refractivity contribution in [3.8, 4) is 11.5 Å². The summed E-state index contributed by atoms with van der Waals surface area (Å²) in [5, 5.41) is 19.0. The quantitative estimate of drug-likeness (QED) is 0.661. The molecule has 3 nitrogen and oxygen atoms in total. The first-order valence-corrected chi connectivity index (χ1v) is 5.43. The van der Waals surface area contributed by atoms with Crippen LogP contribution >= 0.6 is 0 Å². The summed E-state index contributed by atoms with van der Waals surface area (Å²) < 4.78 is 0.